The number of carbonyl (C=O) groups excluding carboxylic acids is 1. The Kier molecular flexibility index (Phi) is 5.98. The first-order chi connectivity index (χ1) is 14.8. The van der Waals surface area contributed by atoms with Crippen LogP contribution < -0.4 is 5.56 Å². The van der Waals surface area contributed by atoms with Crippen LogP contribution >= 0.6 is 0 Å². The first-order valence-electron chi connectivity index (χ1n) is 10.8. The lowest BCUT2D eigenvalue weighted by Crippen LogP contribution is -2.43. The number of aromatic nitrogens is 2. The molecule has 1 amide bonds. The molecule has 0 saturated carbocycles. The van der Waals surface area contributed by atoms with E-state index in [9.17, 15) is 18.0 Å². The highest BCUT2D eigenvalue weighted by Crippen LogP contribution is 2.31. The molecule has 2 aromatic rings. The molecule has 0 spiro atoms. The molecule has 2 aliphatic rings. The van der Waals surface area contributed by atoms with E-state index < -0.39 is 15.3 Å². The molecule has 1 aromatic heterocycles. The molecule has 9 heteroatoms. The zero-order chi connectivity index (χ0) is 22.2. The Morgan fingerprint density at radius 3 is 2.61 bits per heavy atom. The lowest BCUT2D eigenvalue weighted by Gasteiger charge is -2.36. The fourth-order valence-corrected chi connectivity index (χ4v) is 5.56. The molecule has 0 unspecified atom stereocenters. The summed E-state index contributed by atoms with van der Waals surface area (Å²) in [7, 11) is -3.44. The number of sulfonamides is 1. The van der Waals surface area contributed by atoms with E-state index in [1.165, 1.54) is 4.31 Å². The van der Waals surface area contributed by atoms with Crippen molar-refractivity contribution in [1.29, 1.82) is 0 Å². The summed E-state index contributed by atoms with van der Waals surface area (Å²) in [6.07, 6.45) is 2.86. The molecular weight excluding hydrogens is 416 g/mol. The Balaban J connectivity index is 1.67. The third-order valence-electron chi connectivity index (χ3n) is 6.11. The zero-order valence-electron chi connectivity index (χ0n) is 17.9. The highest BCUT2D eigenvalue weighted by molar-refractivity contribution is 7.89. The summed E-state index contributed by atoms with van der Waals surface area (Å²) in [5.41, 5.74) is 1.39. The number of nitrogens with one attached hydrogen (secondary N) is 1. The van der Waals surface area contributed by atoms with Crippen molar-refractivity contribution >= 4 is 15.9 Å². The fourth-order valence-electron chi connectivity index (χ4n) is 4.31. The normalized spacial score (nSPS) is 20.0. The van der Waals surface area contributed by atoms with Crippen LogP contribution in [-0.4, -0.2) is 51.8 Å². The lowest BCUT2D eigenvalue weighted by molar-refractivity contribution is 0.0599. The predicted octanol–water partition coefficient (Wildman–Crippen LogP) is 2.23. The van der Waals surface area contributed by atoms with Gasteiger partial charge < -0.3 is 9.88 Å². The van der Waals surface area contributed by atoms with Gasteiger partial charge in [-0.05, 0) is 51.7 Å². The lowest BCUT2D eigenvalue weighted by atomic mass is 9.99. The van der Waals surface area contributed by atoms with Crippen LogP contribution in [0.3, 0.4) is 0 Å². The van der Waals surface area contributed by atoms with E-state index in [-0.39, 0.29) is 30.6 Å². The summed E-state index contributed by atoms with van der Waals surface area (Å²) in [6.45, 7) is 4.26. The Morgan fingerprint density at radius 2 is 1.90 bits per heavy atom. The van der Waals surface area contributed by atoms with Gasteiger partial charge in [0.2, 0.25) is 10.0 Å². The standard InChI is InChI=1S/C22H28N4O4S/c1-15(2)31(29,30)25-13-11-17-18(14-25)23-20(24-21(17)27)19-10-6-7-12-26(19)22(28)16-8-4-3-5-9-16/h3-5,8-9,15,19H,6-7,10-14H2,1-2H3,(H,23,24,27)/t19-/m0/s1. The largest absolute Gasteiger partial charge is 0.328 e. The number of rotatable bonds is 4. The van der Waals surface area contributed by atoms with Crippen molar-refractivity contribution in [3.05, 3.63) is 63.3 Å². The van der Waals surface area contributed by atoms with E-state index in [0.29, 0.717) is 42.0 Å². The van der Waals surface area contributed by atoms with Crippen molar-refractivity contribution in [2.75, 3.05) is 13.1 Å². The topological polar surface area (TPSA) is 103 Å². The van der Waals surface area contributed by atoms with Crippen molar-refractivity contribution < 1.29 is 13.2 Å². The maximum atomic E-state index is 13.1. The van der Waals surface area contributed by atoms with E-state index in [1.54, 1.807) is 30.9 Å². The maximum absolute atomic E-state index is 13.1. The van der Waals surface area contributed by atoms with Crippen LogP contribution in [0, 0.1) is 0 Å². The summed E-state index contributed by atoms with van der Waals surface area (Å²) in [4.78, 5) is 35.3. The number of likely N-dealkylation sites (tertiary alicyclic amines) is 1. The first kappa shape index (κ1) is 21.7. The van der Waals surface area contributed by atoms with Gasteiger partial charge in [0.15, 0.2) is 0 Å². The number of piperidine rings is 1. The highest BCUT2D eigenvalue weighted by Gasteiger charge is 2.34. The van der Waals surface area contributed by atoms with Gasteiger partial charge in [-0.15, -0.1) is 0 Å². The second-order valence-corrected chi connectivity index (χ2v) is 10.9. The molecule has 0 radical (unpaired) electrons. The third kappa shape index (κ3) is 4.16. The summed E-state index contributed by atoms with van der Waals surface area (Å²) < 4.78 is 26.7. The third-order valence-corrected chi connectivity index (χ3v) is 8.34. The van der Waals surface area contributed by atoms with Crippen molar-refractivity contribution in [3.63, 3.8) is 0 Å². The molecule has 31 heavy (non-hydrogen) atoms. The average Bonchev–Trinajstić information content (AvgIpc) is 2.78. The van der Waals surface area contributed by atoms with Crippen molar-refractivity contribution in [3.8, 4) is 0 Å². The molecule has 0 bridgehead atoms. The molecule has 1 N–H and O–H groups in total. The number of hydrogen-bond donors (Lipinski definition) is 1. The van der Waals surface area contributed by atoms with Crippen molar-refractivity contribution in [2.24, 2.45) is 0 Å². The Morgan fingerprint density at radius 1 is 1.16 bits per heavy atom. The molecule has 3 heterocycles. The Bertz CT molecular complexity index is 1130. The SMILES string of the molecule is CC(C)S(=O)(=O)N1CCc2c(nc([C@@H]3CCCCN3C(=O)c3ccccc3)[nH]c2=O)C1. The zero-order valence-corrected chi connectivity index (χ0v) is 18.7. The van der Waals surface area contributed by atoms with E-state index >= 15 is 0 Å². The van der Waals surface area contributed by atoms with Crippen LogP contribution in [0.2, 0.25) is 0 Å². The Hall–Kier alpha value is -2.52. The van der Waals surface area contributed by atoms with Crippen LogP contribution in [0.15, 0.2) is 35.1 Å². The molecule has 166 valence electrons. The van der Waals surface area contributed by atoms with Gasteiger partial charge in [0, 0.05) is 24.2 Å². The predicted molar refractivity (Wildman–Crippen MR) is 117 cm³/mol. The van der Waals surface area contributed by atoms with Gasteiger partial charge in [0.1, 0.15) is 5.82 Å². The van der Waals surface area contributed by atoms with Crippen LogP contribution in [0.1, 0.15) is 66.6 Å². The molecule has 0 aliphatic carbocycles. The van der Waals surface area contributed by atoms with E-state index in [0.717, 1.165) is 12.8 Å². The first-order valence-corrected chi connectivity index (χ1v) is 12.3. The van der Waals surface area contributed by atoms with E-state index in [2.05, 4.69) is 4.98 Å². The van der Waals surface area contributed by atoms with Gasteiger partial charge in [-0.1, -0.05) is 18.2 Å². The molecule has 8 nitrogen and oxygen atoms in total. The molecule has 2 aliphatic heterocycles. The number of aromatic amines is 1. The molecular formula is C22H28N4O4S. The van der Waals surface area contributed by atoms with Gasteiger partial charge in [-0.25, -0.2) is 13.4 Å². The quantitative estimate of drug-likeness (QED) is 0.779. The summed E-state index contributed by atoms with van der Waals surface area (Å²) in [5.74, 6) is 0.353. The van der Waals surface area contributed by atoms with Gasteiger partial charge in [-0.2, -0.15) is 4.31 Å². The Labute approximate surface area is 182 Å². The minimum atomic E-state index is -3.44. The maximum Gasteiger partial charge on any atom is 0.254 e. The molecule has 1 aromatic carbocycles. The molecule has 1 fully saturated rings. The second-order valence-electron chi connectivity index (χ2n) is 8.43. The highest BCUT2D eigenvalue weighted by atomic mass is 32.2. The minimum Gasteiger partial charge on any atom is -0.328 e. The van der Waals surface area contributed by atoms with Crippen molar-refractivity contribution in [1.82, 2.24) is 19.2 Å². The summed E-state index contributed by atoms with van der Waals surface area (Å²) >= 11 is 0. The number of fused-ring (bicyclic) bond motifs is 1. The van der Waals surface area contributed by atoms with Gasteiger partial charge >= 0.3 is 0 Å². The molecule has 1 saturated heterocycles. The number of benzene rings is 1. The number of hydrogen-bond acceptors (Lipinski definition) is 5. The number of amides is 1. The molecule has 4 rings (SSSR count). The van der Waals surface area contributed by atoms with Crippen LogP contribution in [0.4, 0.5) is 0 Å². The fraction of sp³-hybridized carbons (Fsp3) is 0.500. The van der Waals surface area contributed by atoms with E-state index in [1.807, 2.05) is 18.2 Å². The number of carbonyl (C=O) groups is 1. The van der Waals surface area contributed by atoms with Crippen LogP contribution in [0.25, 0.3) is 0 Å². The van der Waals surface area contributed by atoms with Crippen LogP contribution in [-0.2, 0) is 23.0 Å². The van der Waals surface area contributed by atoms with E-state index in [4.69, 9.17) is 4.98 Å². The summed E-state index contributed by atoms with van der Waals surface area (Å²) in [6, 6.07) is 8.75. The monoisotopic (exact) mass is 444 g/mol. The van der Waals surface area contributed by atoms with Crippen molar-refractivity contribution in [2.45, 2.75) is 57.4 Å². The smallest absolute Gasteiger partial charge is 0.254 e. The average molecular weight is 445 g/mol. The minimum absolute atomic E-state index is 0.0883. The number of H-pyrrole nitrogens is 1. The summed E-state index contributed by atoms with van der Waals surface area (Å²) in [5, 5.41) is -0.534. The second kappa shape index (κ2) is 8.55. The van der Waals surface area contributed by atoms with Gasteiger partial charge in [0.05, 0.1) is 23.5 Å². The van der Waals surface area contributed by atoms with Crippen LogP contribution in [0.5, 0.6) is 0 Å². The molecule has 1 atom stereocenters. The number of nitrogens with zero attached hydrogens (tertiary/aromatic N) is 3. The van der Waals surface area contributed by atoms with Gasteiger partial charge in [-0.3, -0.25) is 9.59 Å². The van der Waals surface area contributed by atoms with Gasteiger partial charge in [0.25, 0.3) is 11.5 Å².